The van der Waals surface area contributed by atoms with Crippen molar-refractivity contribution < 1.29 is 4.79 Å². The van der Waals surface area contributed by atoms with Crippen LogP contribution in [0.2, 0.25) is 0 Å². The van der Waals surface area contributed by atoms with Gasteiger partial charge in [-0.1, -0.05) is 6.92 Å². The number of rotatable bonds is 4. The fourth-order valence-corrected chi connectivity index (χ4v) is 5.16. The van der Waals surface area contributed by atoms with Gasteiger partial charge >= 0.3 is 0 Å². The minimum atomic E-state index is 0.245. The molecular formula is C18H29N3OS. The number of amides is 1. The van der Waals surface area contributed by atoms with Crippen molar-refractivity contribution in [3.05, 3.63) is 15.6 Å². The van der Waals surface area contributed by atoms with Crippen LogP contribution in [-0.4, -0.2) is 35.9 Å². The first-order valence-electron chi connectivity index (χ1n) is 8.99. The number of hydrogen-bond acceptors (Lipinski definition) is 4. The summed E-state index contributed by atoms with van der Waals surface area (Å²) in [6, 6.07) is 0.245. The first-order chi connectivity index (χ1) is 11.1. The Bertz CT molecular complexity index is 550. The largest absolute Gasteiger partial charge is 0.338 e. The zero-order chi connectivity index (χ0) is 16.4. The summed E-state index contributed by atoms with van der Waals surface area (Å²) >= 11 is 1.78. The van der Waals surface area contributed by atoms with Crippen molar-refractivity contribution in [1.82, 2.24) is 15.2 Å². The van der Waals surface area contributed by atoms with Crippen LogP contribution in [0, 0.1) is 18.8 Å². The van der Waals surface area contributed by atoms with Crippen LogP contribution in [0.15, 0.2) is 0 Å². The third kappa shape index (κ3) is 3.77. The van der Waals surface area contributed by atoms with Crippen molar-refractivity contribution >= 4 is 17.2 Å². The Morgan fingerprint density at radius 1 is 1.43 bits per heavy atom. The highest BCUT2D eigenvalue weighted by atomic mass is 32.1. The number of carbonyl (C=O) groups excluding carboxylic acids is 1. The highest BCUT2D eigenvalue weighted by Crippen LogP contribution is 2.38. The van der Waals surface area contributed by atoms with Gasteiger partial charge in [0.25, 0.3) is 0 Å². The average molecular weight is 336 g/mol. The lowest BCUT2D eigenvalue weighted by Gasteiger charge is -2.33. The van der Waals surface area contributed by atoms with E-state index in [0.717, 1.165) is 37.4 Å². The molecule has 1 aliphatic heterocycles. The second-order valence-electron chi connectivity index (χ2n) is 7.24. The molecule has 1 aliphatic carbocycles. The lowest BCUT2D eigenvalue weighted by atomic mass is 9.85. The van der Waals surface area contributed by atoms with E-state index in [4.69, 9.17) is 0 Å². The number of aryl methyl sites for hydroxylation is 2. The molecule has 1 aromatic rings. The Morgan fingerprint density at radius 3 is 3.00 bits per heavy atom. The summed E-state index contributed by atoms with van der Waals surface area (Å²) in [5.41, 5.74) is 1.23. The molecule has 1 fully saturated rings. The highest BCUT2D eigenvalue weighted by Gasteiger charge is 2.31. The molecule has 0 saturated carbocycles. The molecule has 4 nitrogen and oxygen atoms in total. The molecule has 0 spiro atoms. The molecule has 1 N–H and O–H groups in total. The minimum absolute atomic E-state index is 0.245. The molecule has 0 aromatic carbocycles. The standard InChI is InChI=1S/C18H29N3OS/c1-12(14-6-5-9-19-11-14)10-17(22)21(3)16-8-4-7-15-18(16)23-13(2)20-15/h12,14,16,19H,4-11H2,1-3H3. The molecule has 2 aliphatic rings. The first-order valence-corrected chi connectivity index (χ1v) is 9.80. The van der Waals surface area contributed by atoms with E-state index in [9.17, 15) is 4.79 Å². The molecule has 3 unspecified atom stereocenters. The topological polar surface area (TPSA) is 45.2 Å². The summed E-state index contributed by atoms with van der Waals surface area (Å²) in [6.07, 6.45) is 6.46. The van der Waals surface area contributed by atoms with Gasteiger partial charge in [0.1, 0.15) is 0 Å². The molecule has 5 heteroatoms. The number of piperidine rings is 1. The first kappa shape index (κ1) is 16.9. The number of carbonyl (C=O) groups is 1. The highest BCUT2D eigenvalue weighted by molar-refractivity contribution is 7.11. The monoisotopic (exact) mass is 335 g/mol. The SMILES string of the molecule is Cc1nc2c(s1)C(N(C)C(=O)CC(C)C1CCCNC1)CCC2. The third-order valence-electron chi connectivity index (χ3n) is 5.53. The molecule has 2 heterocycles. The maximum atomic E-state index is 12.8. The van der Waals surface area contributed by atoms with Crippen LogP contribution >= 0.6 is 11.3 Å². The van der Waals surface area contributed by atoms with Crippen LogP contribution < -0.4 is 5.32 Å². The Kier molecular flexibility index (Phi) is 5.37. The van der Waals surface area contributed by atoms with Gasteiger partial charge in [-0.05, 0) is 64.0 Å². The van der Waals surface area contributed by atoms with Crippen molar-refractivity contribution in [1.29, 1.82) is 0 Å². The van der Waals surface area contributed by atoms with E-state index in [1.54, 1.807) is 11.3 Å². The Hall–Kier alpha value is -0.940. The smallest absolute Gasteiger partial charge is 0.223 e. The van der Waals surface area contributed by atoms with E-state index in [1.807, 2.05) is 11.9 Å². The molecule has 1 aromatic heterocycles. The lowest BCUT2D eigenvalue weighted by molar-refractivity contribution is -0.133. The summed E-state index contributed by atoms with van der Waals surface area (Å²) in [5.74, 6) is 1.41. The third-order valence-corrected chi connectivity index (χ3v) is 6.64. The zero-order valence-corrected chi connectivity index (χ0v) is 15.4. The van der Waals surface area contributed by atoms with Crippen LogP contribution in [0.3, 0.4) is 0 Å². The zero-order valence-electron chi connectivity index (χ0n) is 14.6. The van der Waals surface area contributed by atoms with E-state index in [1.165, 1.54) is 23.4 Å². The number of thiazole rings is 1. The quantitative estimate of drug-likeness (QED) is 0.918. The lowest BCUT2D eigenvalue weighted by Crippen LogP contribution is -2.37. The van der Waals surface area contributed by atoms with E-state index in [-0.39, 0.29) is 6.04 Å². The van der Waals surface area contributed by atoms with Gasteiger partial charge < -0.3 is 10.2 Å². The van der Waals surface area contributed by atoms with Crippen molar-refractivity contribution in [2.45, 2.75) is 58.4 Å². The number of fused-ring (bicyclic) bond motifs is 1. The predicted octanol–water partition coefficient (Wildman–Crippen LogP) is 3.31. The molecule has 3 atom stereocenters. The second kappa shape index (κ2) is 7.31. The minimum Gasteiger partial charge on any atom is -0.338 e. The average Bonchev–Trinajstić information content (AvgIpc) is 2.95. The fourth-order valence-electron chi connectivity index (χ4n) is 4.01. The van der Waals surface area contributed by atoms with Crippen LogP contribution in [0.1, 0.15) is 60.6 Å². The molecule has 0 radical (unpaired) electrons. The van der Waals surface area contributed by atoms with Crippen molar-refractivity contribution in [3.63, 3.8) is 0 Å². The Labute approximate surface area is 143 Å². The molecular weight excluding hydrogens is 306 g/mol. The van der Waals surface area contributed by atoms with Crippen molar-refractivity contribution in [2.75, 3.05) is 20.1 Å². The molecule has 128 valence electrons. The Morgan fingerprint density at radius 2 is 2.26 bits per heavy atom. The van der Waals surface area contributed by atoms with Gasteiger partial charge in [0.05, 0.1) is 21.6 Å². The van der Waals surface area contributed by atoms with Gasteiger partial charge in [0.15, 0.2) is 0 Å². The summed E-state index contributed by atoms with van der Waals surface area (Å²) in [7, 11) is 1.99. The van der Waals surface area contributed by atoms with Gasteiger partial charge in [0.2, 0.25) is 5.91 Å². The maximum Gasteiger partial charge on any atom is 0.223 e. The predicted molar refractivity (Wildman–Crippen MR) is 94.7 cm³/mol. The normalized spacial score (nSPS) is 25.7. The molecule has 0 bridgehead atoms. The maximum absolute atomic E-state index is 12.8. The summed E-state index contributed by atoms with van der Waals surface area (Å²) in [6.45, 7) is 6.51. The number of aromatic nitrogens is 1. The number of hydrogen-bond donors (Lipinski definition) is 1. The van der Waals surface area contributed by atoms with E-state index >= 15 is 0 Å². The van der Waals surface area contributed by atoms with Gasteiger partial charge in [0, 0.05) is 13.5 Å². The van der Waals surface area contributed by atoms with Gasteiger partial charge in [-0.25, -0.2) is 4.98 Å². The van der Waals surface area contributed by atoms with E-state index < -0.39 is 0 Å². The fraction of sp³-hybridized carbons (Fsp3) is 0.778. The van der Waals surface area contributed by atoms with Crippen LogP contribution in [0.25, 0.3) is 0 Å². The Balaban J connectivity index is 1.63. The number of nitrogens with zero attached hydrogens (tertiary/aromatic N) is 2. The van der Waals surface area contributed by atoms with Crippen LogP contribution in [-0.2, 0) is 11.2 Å². The van der Waals surface area contributed by atoms with Crippen molar-refractivity contribution in [3.8, 4) is 0 Å². The van der Waals surface area contributed by atoms with E-state index in [0.29, 0.717) is 24.2 Å². The summed E-state index contributed by atoms with van der Waals surface area (Å²) in [4.78, 5) is 20.8. The molecule has 1 amide bonds. The van der Waals surface area contributed by atoms with Crippen LogP contribution in [0.5, 0.6) is 0 Å². The van der Waals surface area contributed by atoms with Crippen LogP contribution in [0.4, 0.5) is 0 Å². The van der Waals surface area contributed by atoms with Gasteiger partial charge in [-0.15, -0.1) is 11.3 Å². The molecule has 23 heavy (non-hydrogen) atoms. The number of nitrogens with one attached hydrogen (secondary N) is 1. The molecule has 1 saturated heterocycles. The van der Waals surface area contributed by atoms with Gasteiger partial charge in [-0.2, -0.15) is 0 Å². The second-order valence-corrected chi connectivity index (χ2v) is 8.48. The summed E-state index contributed by atoms with van der Waals surface area (Å²) < 4.78 is 0. The van der Waals surface area contributed by atoms with Gasteiger partial charge in [-0.3, -0.25) is 4.79 Å². The van der Waals surface area contributed by atoms with Crippen molar-refractivity contribution in [2.24, 2.45) is 11.8 Å². The molecule has 3 rings (SSSR count). The summed E-state index contributed by atoms with van der Waals surface area (Å²) in [5, 5.41) is 4.59. The van der Waals surface area contributed by atoms with E-state index in [2.05, 4.69) is 24.1 Å².